The van der Waals surface area contributed by atoms with Gasteiger partial charge in [0.1, 0.15) is 5.69 Å². The van der Waals surface area contributed by atoms with Crippen molar-refractivity contribution in [2.75, 3.05) is 5.32 Å². The van der Waals surface area contributed by atoms with Gasteiger partial charge in [-0.15, -0.1) is 0 Å². The van der Waals surface area contributed by atoms with Gasteiger partial charge in [0.15, 0.2) is 0 Å². The molecule has 0 atom stereocenters. The minimum atomic E-state index is -0.993. The molecule has 0 aliphatic rings. The van der Waals surface area contributed by atoms with Crippen molar-refractivity contribution in [3.05, 3.63) is 47.5 Å². The second kappa shape index (κ2) is 4.93. The molecule has 0 radical (unpaired) electrons. The van der Waals surface area contributed by atoms with E-state index in [1.54, 1.807) is 24.6 Å². The van der Waals surface area contributed by atoms with E-state index in [1.165, 1.54) is 24.7 Å². The molecule has 2 aromatic rings. The summed E-state index contributed by atoms with van der Waals surface area (Å²) < 4.78 is 1.61. The van der Waals surface area contributed by atoms with Gasteiger partial charge in [0.05, 0.1) is 18.1 Å². The molecule has 0 unspecified atom stereocenters. The zero-order valence-electron chi connectivity index (χ0n) is 10.5. The standard InChI is InChI=1S/C13H13N3O3/c1-8-5-9(13(18)19)3-4-10(8)15-12(17)11-6-14-7-16(11)2/h3-7H,1-2H3,(H,15,17)(H,18,19). The van der Waals surface area contributed by atoms with E-state index in [2.05, 4.69) is 10.3 Å². The van der Waals surface area contributed by atoms with Gasteiger partial charge in [0.25, 0.3) is 5.91 Å². The highest BCUT2D eigenvalue weighted by Gasteiger charge is 2.12. The number of aryl methyl sites for hydroxylation is 2. The third-order valence-corrected chi connectivity index (χ3v) is 2.77. The summed E-state index contributed by atoms with van der Waals surface area (Å²) in [6, 6.07) is 4.54. The number of aromatic carboxylic acids is 1. The van der Waals surface area contributed by atoms with E-state index in [1.807, 2.05) is 0 Å². The number of anilines is 1. The van der Waals surface area contributed by atoms with Crippen molar-refractivity contribution in [1.29, 1.82) is 0 Å². The van der Waals surface area contributed by atoms with Gasteiger partial charge in [0.2, 0.25) is 0 Å². The Balaban J connectivity index is 2.23. The Hall–Kier alpha value is -2.63. The Morgan fingerprint density at radius 1 is 1.37 bits per heavy atom. The maximum atomic E-state index is 12.0. The molecule has 0 aliphatic carbocycles. The fraction of sp³-hybridized carbons (Fsp3) is 0.154. The molecule has 0 bridgehead atoms. The number of hydrogen-bond donors (Lipinski definition) is 2. The van der Waals surface area contributed by atoms with E-state index in [4.69, 9.17) is 5.11 Å². The number of nitrogens with zero attached hydrogens (tertiary/aromatic N) is 2. The van der Waals surface area contributed by atoms with Crippen molar-refractivity contribution in [1.82, 2.24) is 9.55 Å². The third kappa shape index (κ3) is 2.62. The molecule has 1 amide bonds. The molecule has 1 aromatic carbocycles. The lowest BCUT2D eigenvalue weighted by molar-refractivity contribution is 0.0696. The normalized spacial score (nSPS) is 10.2. The minimum absolute atomic E-state index is 0.191. The number of nitrogens with one attached hydrogen (secondary N) is 1. The fourth-order valence-corrected chi connectivity index (χ4v) is 1.70. The van der Waals surface area contributed by atoms with Gasteiger partial charge in [-0.2, -0.15) is 0 Å². The zero-order chi connectivity index (χ0) is 14.0. The van der Waals surface area contributed by atoms with E-state index in [0.717, 1.165) is 0 Å². The molecule has 19 heavy (non-hydrogen) atoms. The largest absolute Gasteiger partial charge is 0.478 e. The second-order valence-electron chi connectivity index (χ2n) is 4.18. The maximum absolute atomic E-state index is 12.0. The molecule has 0 spiro atoms. The molecule has 0 saturated carbocycles. The molecule has 1 heterocycles. The highest BCUT2D eigenvalue weighted by atomic mass is 16.4. The van der Waals surface area contributed by atoms with Gasteiger partial charge >= 0.3 is 5.97 Å². The van der Waals surface area contributed by atoms with Crippen LogP contribution in [0.15, 0.2) is 30.7 Å². The number of carboxylic acids is 1. The molecule has 1 aromatic heterocycles. The van der Waals surface area contributed by atoms with E-state index in [-0.39, 0.29) is 11.5 Å². The summed E-state index contributed by atoms with van der Waals surface area (Å²) in [6.45, 7) is 1.74. The first-order valence-electron chi connectivity index (χ1n) is 5.60. The number of carbonyl (C=O) groups excluding carboxylic acids is 1. The molecular formula is C13H13N3O3. The van der Waals surface area contributed by atoms with Crippen molar-refractivity contribution >= 4 is 17.6 Å². The monoisotopic (exact) mass is 259 g/mol. The van der Waals surface area contributed by atoms with Crippen molar-refractivity contribution in [2.45, 2.75) is 6.92 Å². The second-order valence-corrected chi connectivity index (χ2v) is 4.18. The Bertz CT molecular complexity index is 646. The SMILES string of the molecule is Cc1cc(C(=O)O)ccc1NC(=O)c1cncn1C. The highest BCUT2D eigenvalue weighted by Crippen LogP contribution is 2.17. The predicted octanol–water partition coefficient (Wildman–Crippen LogP) is 1.68. The van der Waals surface area contributed by atoms with Crippen LogP contribution >= 0.6 is 0 Å². The Morgan fingerprint density at radius 2 is 2.11 bits per heavy atom. The van der Waals surface area contributed by atoms with Gasteiger partial charge < -0.3 is 15.0 Å². The van der Waals surface area contributed by atoms with Crippen LogP contribution in [0.2, 0.25) is 0 Å². The van der Waals surface area contributed by atoms with Crippen LogP contribution < -0.4 is 5.32 Å². The van der Waals surface area contributed by atoms with Crippen LogP contribution in [0.1, 0.15) is 26.4 Å². The maximum Gasteiger partial charge on any atom is 0.335 e. The average molecular weight is 259 g/mol. The predicted molar refractivity (Wildman–Crippen MR) is 69.3 cm³/mol. The zero-order valence-corrected chi connectivity index (χ0v) is 10.5. The highest BCUT2D eigenvalue weighted by molar-refractivity contribution is 6.03. The number of imidazole rings is 1. The number of amides is 1. The Morgan fingerprint density at radius 3 is 2.63 bits per heavy atom. The first-order valence-corrected chi connectivity index (χ1v) is 5.60. The summed E-state index contributed by atoms with van der Waals surface area (Å²) in [4.78, 5) is 26.7. The number of benzene rings is 1. The molecule has 98 valence electrons. The lowest BCUT2D eigenvalue weighted by Crippen LogP contribution is -2.16. The quantitative estimate of drug-likeness (QED) is 0.878. The lowest BCUT2D eigenvalue weighted by atomic mass is 10.1. The van der Waals surface area contributed by atoms with Gasteiger partial charge in [-0.25, -0.2) is 9.78 Å². The van der Waals surface area contributed by atoms with Gasteiger partial charge in [-0.05, 0) is 30.7 Å². The van der Waals surface area contributed by atoms with E-state index in [9.17, 15) is 9.59 Å². The summed E-state index contributed by atoms with van der Waals surface area (Å²) in [5.41, 5.74) is 1.89. The topological polar surface area (TPSA) is 84.2 Å². The molecule has 0 aliphatic heterocycles. The van der Waals surface area contributed by atoms with Crippen molar-refractivity contribution in [2.24, 2.45) is 7.05 Å². The summed E-state index contributed by atoms with van der Waals surface area (Å²) >= 11 is 0. The number of rotatable bonds is 3. The lowest BCUT2D eigenvalue weighted by Gasteiger charge is -2.09. The Labute approximate surface area is 109 Å². The Kier molecular flexibility index (Phi) is 3.33. The van der Waals surface area contributed by atoms with Gasteiger partial charge in [-0.1, -0.05) is 0 Å². The van der Waals surface area contributed by atoms with Crippen LogP contribution in [0.3, 0.4) is 0 Å². The summed E-state index contributed by atoms with van der Waals surface area (Å²) in [7, 11) is 1.72. The van der Waals surface area contributed by atoms with E-state index in [0.29, 0.717) is 16.9 Å². The number of aromatic nitrogens is 2. The smallest absolute Gasteiger partial charge is 0.335 e. The van der Waals surface area contributed by atoms with Crippen LogP contribution in [-0.4, -0.2) is 26.5 Å². The van der Waals surface area contributed by atoms with Crippen molar-refractivity contribution < 1.29 is 14.7 Å². The van der Waals surface area contributed by atoms with Crippen LogP contribution in [0.25, 0.3) is 0 Å². The molecule has 0 fully saturated rings. The molecule has 6 heteroatoms. The van der Waals surface area contributed by atoms with Crippen LogP contribution in [-0.2, 0) is 7.05 Å². The van der Waals surface area contributed by atoms with Crippen LogP contribution in [0, 0.1) is 6.92 Å². The molecule has 2 N–H and O–H groups in total. The minimum Gasteiger partial charge on any atom is -0.478 e. The molecular weight excluding hydrogens is 246 g/mol. The van der Waals surface area contributed by atoms with E-state index >= 15 is 0 Å². The number of carboxylic acid groups (broad SMARTS) is 1. The average Bonchev–Trinajstić information content (AvgIpc) is 2.77. The van der Waals surface area contributed by atoms with Gasteiger partial charge in [0, 0.05) is 12.7 Å². The number of hydrogen-bond acceptors (Lipinski definition) is 3. The van der Waals surface area contributed by atoms with Gasteiger partial charge in [-0.3, -0.25) is 4.79 Å². The third-order valence-electron chi connectivity index (χ3n) is 2.77. The molecule has 0 saturated heterocycles. The van der Waals surface area contributed by atoms with E-state index < -0.39 is 5.97 Å². The summed E-state index contributed by atoms with van der Waals surface area (Å²) in [5.74, 6) is -1.28. The van der Waals surface area contributed by atoms with Crippen molar-refractivity contribution in [3.63, 3.8) is 0 Å². The first kappa shape index (κ1) is 12.8. The summed E-state index contributed by atoms with van der Waals surface area (Å²) in [5, 5.41) is 11.6. The number of carbonyl (C=O) groups is 2. The fourth-order valence-electron chi connectivity index (χ4n) is 1.70. The molecule has 2 rings (SSSR count). The molecule has 6 nitrogen and oxygen atoms in total. The van der Waals surface area contributed by atoms with Crippen LogP contribution in [0.4, 0.5) is 5.69 Å². The first-order chi connectivity index (χ1) is 8.99. The van der Waals surface area contributed by atoms with Crippen LogP contribution in [0.5, 0.6) is 0 Å². The van der Waals surface area contributed by atoms with Crippen molar-refractivity contribution in [3.8, 4) is 0 Å². The summed E-state index contributed by atoms with van der Waals surface area (Å²) in [6.07, 6.45) is 3.01.